The van der Waals surface area contributed by atoms with Gasteiger partial charge in [-0.2, -0.15) is 0 Å². The molecule has 0 saturated carbocycles. The molecule has 0 spiro atoms. The van der Waals surface area contributed by atoms with Gasteiger partial charge in [-0.3, -0.25) is 0 Å². The maximum absolute atomic E-state index is 11.1. The molecule has 6 heteroatoms. The van der Waals surface area contributed by atoms with Gasteiger partial charge in [0.25, 0.3) is 0 Å². The summed E-state index contributed by atoms with van der Waals surface area (Å²) < 4.78 is 22.3. The molecule has 0 aliphatic carbocycles. The topological polar surface area (TPSA) is 60.2 Å². The minimum atomic E-state index is -3.34. The summed E-state index contributed by atoms with van der Waals surface area (Å²) >= 11 is 11.3. The highest BCUT2D eigenvalue weighted by atomic mass is 35.5. The number of benzene rings is 1. The molecule has 1 rings (SSSR count). The van der Waals surface area contributed by atoms with Crippen LogP contribution in [0.2, 0.25) is 10.0 Å². The zero-order chi connectivity index (χ0) is 10.2. The molecule has 2 N–H and O–H groups in total. The molecular formula is C7H7Cl2NO2S. The van der Waals surface area contributed by atoms with Crippen LogP contribution in [-0.4, -0.2) is 14.7 Å². The van der Waals surface area contributed by atoms with E-state index in [0.29, 0.717) is 0 Å². The largest absolute Gasteiger partial charge is 0.397 e. The van der Waals surface area contributed by atoms with Crippen LogP contribution in [0.25, 0.3) is 0 Å². The number of rotatable bonds is 1. The van der Waals surface area contributed by atoms with Crippen molar-refractivity contribution in [3.05, 3.63) is 22.2 Å². The number of sulfone groups is 1. The first-order chi connectivity index (χ1) is 5.82. The minimum Gasteiger partial charge on any atom is -0.397 e. The van der Waals surface area contributed by atoms with Crippen LogP contribution < -0.4 is 5.73 Å². The van der Waals surface area contributed by atoms with Crippen molar-refractivity contribution in [2.45, 2.75) is 4.90 Å². The van der Waals surface area contributed by atoms with Crippen LogP contribution in [0.1, 0.15) is 0 Å². The second-order valence-electron chi connectivity index (χ2n) is 2.58. The second-order valence-corrected chi connectivity index (χ2v) is 5.37. The average molecular weight is 240 g/mol. The van der Waals surface area contributed by atoms with Crippen LogP contribution in [0.5, 0.6) is 0 Å². The zero-order valence-electron chi connectivity index (χ0n) is 6.71. The van der Waals surface area contributed by atoms with Gasteiger partial charge in [-0.05, 0) is 12.1 Å². The van der Waals surface area contributed by atoms with Gasteiger partial charge in [-0.1, -0.05) is 23.2 Å². The number of hydrogen-bond donors (Lipinski definition) is 1. The third-order valence-electron chi connectivity index (χ3n) is 1.45. The van der Waals surface area contributed by atoms with Gasteiger partial charge in [0.2, 0.25) is 0 Å². The van der Waals surface area contributed by atoms with Crippen molar-refractivity contribution in [1.82, 2.24) is 0 Å². The van der Waals surface area contributed by atoms with Crippen LogP contribution in [0.3, 0.4) is 0 Å². The molecule has 72 valence electrons. The Morgan fingerprint density at radius 2 is 1.77 bits per heavy atom. The van der Waals surface area contributed by atoms with Gasteiger partial charge in [0, 0.05) is 6.26 Å². The van der Waals surface area contributed by atoms with Crippen LogP contribution in [-0.2, 0) is 9.84 Å². The predicted octanol–water partition coefficient (Wildman–Crippen LogP) is 1.98. The summed E-state index contributed by atoms with van der Waals surface area (Å²) in [5, 5.41) is 0.272. The number of nitrogens with two attached hydrogens (primary N) is 1. The van der Waals surface area contributed by atoms with E-state index in [0.717, 1.165) is 6.26 Å². The third kappa shape index (κ3) is 2.27. The standard InChI is InChI=1S/C7H7Cl2NO2S/c1-13(11,12)7-3-4(8)6(10)2-5(7)9/h2-3H,10H2,1H3. The van der Waals surface area contributed by atoms with Crippen LogP contribution >= 0.6 is 23.2 Å². The Kier molecular flexibility index (Phi) is 2.75. The van der Waals surface area contributed by atoms with Gasteiger partial charge >= 0.3 is 0 Å². The second kappa shape index (κ2) is 3.36. The molecule has 0 aliphatic heterocycles. The van der Waals surface area contributed by atoms with Gasteiger partial charge < -0.3 is 5.73 Å². The number of halogens is 2. The van der Waals surface area contributed by atoms with Gasteiger partial charge in [0.1, 0.15) is 0 Å². The molecule has 0 amide bonds. The summed E-state index contributed by atoms with van der Waals surface area (Å²) in [6, 6.07) is 2.56. The van der Waals surface area contributed by atoms with Crippen LogP contribution in [0.15, 0.2) is 17.0 Å². The summed E-state index contributed by atoms with van der Waals surface area (Å²) in [5.74, 6) is 0. The van der Waals surface area contributed by atoms with E-state index in [1.54, 1.807) is 0 Å². The van der Waals surface area contributed by atoms with Crippen molar-refractivity contribution in [2.75, 3.05) is 12.0 Å². The van der Waals surface area contributed by atoms with Gasteiger partial charge in [0.15, 0.2) is 9.84 Å². The van der Waals surface area contributed by atoms with Crippen LogP contribution in [0, 0.1) is 0 Å². The third-order valence-corrected chi connectivity index (χ3v) is 3.34. The first-order valence-electron chi connectivity index (χ1n) is 3.27. The number of anilines is 1. The van der Waals surface area contributed by atoms with E-state index >= 15 is 0 Å². The molecule has 0 saturated heterocycles. The molecule has 0 atom stereocenters. The van der Waals surface area contributed by atoms with Crippen molar-refractivity contribution in [3.8, 4) is 0 Å². The highest BCUT2D eigenvalue weighted by molar-refractivity contribution is 7.90. The minimum absolute atomic E-state index is 0.00614. The molecule has 0 radical (unpaired) electrons. The fraction of sp³-hybridized carbons (Fsp3) is 0.143. The first kappa shape index (κ1) is 10.6. The highest BCUT2D eigenvalue weighted by Crippen LogP contribution is 2.29. The molecule has 3 nitrogen and oxygen atoms in total. The van der Waals surface area contributed by atoms with Crippen molar-refractivity contribution in [3.63, 3.8) is 0 Å². The van der Waals surface area contributed by atoms with Gasteiger partial charge in [-0.15, -0.1) is 0 Å². The van der Waals surface area contributed by atoms with E-state index < -0.39 is 9.84 Å². The molecule has 0 bridgehead atoms. The van der Waals surface area contributed by atoms with Crippen molar-refractivity contribution in [2.24, 2.45) is 0 Å². The molecule has 1 aromatic rings. The lowest BCUT2D eigenvalue weighted by molar-refractivity contribution is 0.602. The fourth-order valence-electron chi connectivity index (χ4n) is 0.828. The first-order valence-corrected chi connectivity index (χ1v) is 5.91. The van der Waals surface area contributed by atoms with E-state index in [4.69, 9.17) is 28.9 Å². The fourth-order valence-corrected chi connectivity index (χ4v) is 2.39. The molecule has 0 aliphatic rings. The summed E-state index contributed by atoms with van der Waals surface area (Å²) in [7, 11) is -3.34. The molecule has 0 aromatic heterocycles. The Balaban J connectivity index is 3.50. The number of nitrogen functional groups attached to an aromatic ring is 1. The van der Waals surface area contributed by atoms with E-state index in [-0.39, 0.29) is 20.6 Å². The normalized spacial score (nSPS) is 11.6. The molecular weight excluding hydrogens is 233 g/mol. The lowest BCUT2D eigenvalue weighted by Crippen LogP contribution is -1.99. The quantitative estimate of drug-likeness (QED) is 0.763. The number of hydrogen-bond acceptors (Lipinski definition) is 3. The predicted molar refractivity (Wildman–Crippen MR) is 54.0 cm³/mol. The van der Waals surface area contributed by atoms with Crippen molar-refractivity contribution in [1.29, 1.82) is 0 Å². The average Bonchev–Trinajstić information content (AvgIpc) is 1.94. The Labute approximate surface area is 86.4 Å². The molecule has 13 heavy (non-hydrogen) atoms. The van der Waals surface area contributed by atoms with Crippen molar-refractivity contribution < 1.29 is 8.42 Å². The maximum atomic E-state index is 11.1. The summed E-state index contributed by atoms with van der Waals surface area (Å²) in [6.45, 7) is 0. The molecule has 0 unspecified atom stereocenters. The van der Waals surface area contributed by atoms with E-state index in [1.807, 2.05) is 0 Å². The molecule has 1 aromatic carbocycles. The molecule has 0 fully saturated rings. The highest BCUT2D eigenvalue weighted by Gasteiger charge is 2.14. The van der Waals surface area contributed by atoms with Crippen molar-refractivity contribution >= 4 is 38.7 Å². The molecule has 0 heterocycles. The van der Waals surface area contributed by atoms with Gasteiger partial charge in [-0.25, -0.2) is 8.42 Å². The SMILES string of the molecule is CS(=O)(=O)c1cc(Cl)c(N)cc1Cl. The Morgan fingerprint density at radius 3 is 2.23 bits per heavy atom. The summed E-state index contributed by atoms with van der Waals surface area (Å²) in [5.41, 5.74) is 5.68. The Bertz CT molecular complexity index is 442. The van der Waals surface area contributed by atoms with Crippen LogP contribution in [0.4, 0.5) is 5.69 Å². The Morgan fingerprint density at radius 1 is 1.23 bits per heavy atom. The monoisotopic (exact) mass is 239 g/mol. The lowest BCUT2D eigenvalue weighted by atomic mass is 10.3. The van der Waals surface area contributed by atoms with E-state index in [9.17, 15) is 8.42 Å². The Hall–Kier alpha value is -0.450. The zero-order valence-corrected chi connectivity index (χ0v) is 9.04. The van der Waals surface area contributed by atoms with E-state index in [2.05, 4.69) is 0 Å². The smallest absolute Gasteiger partial charge is 0.177 e. The van der Waals surface area contributed by atoms with E-state index in [1.165, 1.54) is 12.1 Å². The van der Waals surface area contributed by atoms with Gasteiger partial charge in [0.05, 0.1) is 20.6 Å². The summed E-state index contributed by atoms with van der Waals surface area (Å²) in [4.78, 5) is -0.00614. The maximum Gasteiger partial charge on any atom is 0.177 e. The summed E-state index contributed by atoms with van der Waals surface area (Å²) in [6.07, 6.45) is 1.06. The lowest BCUT2D eigenvalue weighted by Gasteiger charge is -2.04.